The molecular weight excluding hydrogens is 576 g/mol. The van der Waals surface area contributed by atoms with Crippen molar-refractivity contribution in [2.45, 2.75) is 96.7 Å². The normalized spacial score (nSPS) is 11.9. The van der Waals surface area contributed by atoms with E-state index in [-0.39, 0.29) is 23.8 Å². The number of carbonyl (C=O) groups excluding carboxylic acids is 2. The summed E-state index contributed by atoms with van der Waals surface area (Å²) in [7, 11) is 3.40. The smallest absolute Gasteiger partial charge is 0.407 e. The van der Waals surface area contributed by atoms with Gasteiger partial charge in [0.2, 0.25) is 5.91 Å². The molecule has 0 aliphatic rings. The molecule has 3 aromatic rings. The van der Waals surface area contributed by atoms with Gasteiger partial charge in [0.05, 0.1) is 26.1 Å². The minimum absolute atomic E-state index is 0.0522. The van der Waals surface area contributed by atoms with Crippen molar-refractivity contribution >= 4 is 23.2 Å². The number of benzene rings is 1. The van der Waals surface area contributed by atoms with Gasteiger partial charge in [-0.2, -0.15) is 0 Å². The highest BCUT2D eigenvalue weighted by atomic mass is 16.5. The summed E-state index contributed by atoms with van der Waals surface area (Å²) in [6.07, 6.45) is 11.7. The van der Waals surface area contributed by atoms with Gasteiger partial charge in [0.25, 0.3) is 5.56 Å². The second-order valence-electron chi connectivity index (χ2n) is 11.5. The summed E-state index contributed by atoms with van der Waals surface area (Å²) in [5, 5.41) is 5.57. The molecule has 0 bridgehead atoms. The maximum atomic E-state index is 12.8. The van der Waals surface area contributed by atoms with Crippen LogP contribution in [0.4, 0.5) is 4.79 Å². The predicted molar refractivity (Wildman–Crippen MR) is 174 cm³/mol. The maximum absolute atomic E-state index is 12.8. The Kier molecular flexibility index (Phi) is 15.4. The zero-order chi connectivity index (χ0) is 32.4. The Labute approximate surface area is 265 Å². The molecule has 2 N–H and O–H groups in total. The fourth-order valence-electron chi connectivity index (χ4n) is 5.11. The van der Waals surface area contributed by atoms with Crippen molar-refractivity contribution in [2.24, 2.45) is 14.1 Å². The van der Waals surface area contributed by atoms with Gasteiger partial charge in [0.15, 0.2) is 11.2 Å². The van der Waals surface area contributed by atoms with Gasteiger partial charge in [-0.05, 0) is 24.8 Å². The molecule has 0 saturated carbocycles. The lowest BCUT2D eigenvalue weighted by Gasteiger charge is -2.18. The Morgan fingerprint density at radius 1 is 0.911 bits per heavy atom. The first-order valence-corrected chi connectivity index (χ1v) is 16.3. The molecule has 0 aliphatic heterocycles. The first-order valence-electron chi connectivity index (χ1n) is 16.3. The van der Waals surface area contributed by atoms with Crippen LogP contribution in [0, 0.1) is 0 Å². The molecule has 1 atom stereocenters. The topological polar surface area (TPSA) is 138 Å². The van der Waals surface area contributed by atoms with E-state index in [0.717, 1.165) is 76.2 Å². The molecule has 2 aromatic heterocycles. The quantitative estimate of drug-likeness (QED) is 0.169. The second kappa shape index (κ2) is 19.5. The minimum Gasteiger partial charge on any atom is -0.450 e. The molecule has 2 heterocycles. The van der Waals surface area contributed by atoms with Crippen LogP contribution in [0.3, 0.4) is 0 Å². The average Bonchev–Trinajstić information content (AvgIpc) is 3.43. The number of fused-ring (bicyclic) bond motifs is 1. The highest BCUT2D eigenvalue weighted by Crippen LogP contribution is 2.10. The molecule has 0 saturated heterocycles. The fourth-order valence-corrected chi connectivity index (χ4v) is 5.11. The van der Waals surface area contributed by atoms with Crippen molar-refractivity contribution in [3.63, 3.8) is 0 Å². The van der Waals surface area contributed by atoms with Crippen LogP contribution in [0.2, 0.25) is 0 Å². The first kappa shape index (κ1) is 35.5. The molecule has 45 heavy (non-hydrogen) atoms. The summed E-state index contributed by atoms with van der Waals surface area (Å²) in [5.74, 6) is -0.282. The molecule has 0 aliphatic carbocycles. The number of hydrogen-bond donors (Lipinski definition) is 2. The first-order chi connectivity index (χ1) is 21.8. The molecule has 12 heteroatoms. The molecule has 12 nitrogen and oxygen atoms in total. The van der Waals surface area contributed by atoms with E-state index in [4.69, 9.17) is 9.47 Å². The number of hydrogen-bond acceptors (Lipinski definition) is 7. The summed E-state index contributed by atoms with van der Waals surface area (Å²) >= 11 is 0. The Balaban J connectivity index is 1.27. The third-order valence-corrected chi connectivity index (χ3v) is 7.79. The van der Waals surface area contributed by atoms with E-state index >= 15 is 0 Å². The van der Waals surface area contributed by atoms with E-state index in [0.29, 0.717) is 37.5 Å². The van der Waals surface area contributed by atoms with Gasteiger partial charge < -0.3 is 24.7 Å². The number of aromatic nitrogens is 4. The molecule has 248 valence electrons. The Bertz CT molecular complexity index is 1450. The summed E-state index contributed by atoms with van der Waals surface area (Å²) in [6, 6.07) is 8.84. The summed E-state index contributed by atoms with van der Waals surface area (Å²) < 4.78 is 15.3. The zero-order valence-corrected chi connectivity index (χ0v) is 27.1. The van der Waals surface area contributed by atoms with E-state index in [2.05, 4.69) is 15.6 Å². The van der Waals surface area contributed by atoms with Crippen LogP contribution in [0.5, 0.6) is 0 Å². The van der Waals surface area contributed by atoms with E-state index in [9.17, 15) is 19.2 Å². The van der Waals surface area contributed by atoms with Crippen LogP contribution >= 0.6 is 0 Å². The standard InChI is InChI=1S/C33H50N6O6/c1-4-5-22-45-32(42)36-27(24-44-23-26-18-14-13-15-19-26)30(40)34-20-16-11-9-7-6-8-10-12-17-21-39-31(41)28-29(35-25-37(28)2)38(3)33(39)43/h13-15,18-19,25,27H,4-12,16-17,20-24H2,1-3H3,(H,34,40)(H,36,42). The summed E-state index contributed by atoms with van der Waals surface area (Å²) in [5.41, 5.74) is 1.25. The van der Waals surface area contributed by atoms with Crippen molar-refractivity contribution in [1.82, 2.24) is 29.3 Å². The van der Waals surface area contributed by atoms with Crippen LogP contribution < -0.4 is 21.9 Å². The SMILES string of the molecule is CCCCOC(=O)NC(COCc1ccccc1)C(=O)NCCCCCCCCCCCn1c(=O)c2c(ncn2C)n(C)c1=O. The Morgan fingerprint density at radius 2 is 1.58 bits per heavy atom. The number of imidazole rings is 1. The number of aryl methyl sites for hydroxylation is 2. The number of nitrogens with one attached hydrogen (secondary N) is 2. The third kappa shape index (κ3) is 11.5. The van der Waals surface area contributed by atoms with Crippen LogP contribution in [0.1, 0.15) is 83.1 Å². The van der Waals surface area contributed by atoms with Crippen LogP contribution in [0.25, 0.3) is 11.2 Å². The van der Waals surface area contributed by atoms with E-state index < -0.39 is 12.1 Å². The molecule has 1 unspecified atom stereocenters. The van der Waals surface area contributed by atoms with Crippen molar-refractivity contribution in [3.05, 3.63) is 63.1 Å². The molecule has 2 amide bonds. The van der Waals surface area contributed by atoms with Gasteiger partial charge in [-0.3, -0.25) is 18.7 Å². The largest absolute Gasteiger partial charge is 0.450 e. The van der Waals surface area contributed by atoms with E-state index in [1.165, 1.54) is 9.13 Å². The van der Waals surface area contributed by atoms with Gasteiger partial charge in [-0.15, -0.1) is 0 Å². The molecular formula is C33H50N6O6. The van der Waals surface area contributed by atoms with Gasteiger partial charge in [-0.25, -0.2) is 14.6 Å². The number of unbranched alkanes of at least 4 members (excludes halogenated alkanes) is 9. The average molecular weight is 627 g/mol. The number of alkyl carbamates (subject to hydrolysis) is 1. The molecule has 3 rings (SSSR count). The number of amides is 2. The monoisotopic (exact) mass is 626 g/mol. The van der Waals surface area contributed by atoms with Crippen LogP contribution in [-0.2, 0) is 41.5 Å². The van der Waals surface area contributed by atoms with Gasteiger partial charge >= 0.3 is 11.8 Å². The number of ether oxygens (including phenoxy) is 2. The number of rotatable bonds is 21. The zero-order valence-electron chi connectivity index (χ0n) is 27.1. The number of nitrogens with zero attached hydrogens (tertiary/aromatic N) is 4. The van der Waals surface area contributed by atoms with Gasteiger partial charge in [-0.1, -0.05) is 88.6 Å². The predicted octanol–water partition coefficient (Wildman–Crippen LogP) is 4.17. The van der Waals surface area contributed by atoms with Crippen molar-refractivity contribution in [3.8, 4) is 0 Å². The van der Waals surface area contributed by atoms with Crippen molar-refractivity contribution in [1.29, 1.82) is 0 Å². The van der Waals surface area contributed by atoms with E-state index in [1.54, 1.807) is 25.0 Å². The van der Waals surface area contributed by atoms with Crippen LogP contribution in [0.15, 0.2) is 46.2 Å². The highest BCUT2D eigenvalue weighted by Gasteiger charge is 2.21. The molecule has 0 radical (unpaired) electrons. The van der Waals surface area contributed by atoms with Gasteiger partial charge in [0.1, 0.15) is 6.04 Å². The van der Waals surface area contributed by atoms with Crippen molar-refractivity contribution < 1.29 is 19.1 Å². The lowest BCUT2D eigenvalue weighted by Crippen LogP contribution is -2.49. The molecule has 0 fully saturated rings. The lowest BCUT2D eigenvalue weighted by atomic mass is 10.1. The fraction of sp³-hybridized carbons (Fsp3) is 0.606. The van der Waals surface area contributed by atoms with Gasteiger partial charge in [0, 0.05) is 27.2 Å². The summed E-state index contributed by atoms with van der Waals surface area (Å²) in [4.78, 5) is 54.5. The van der Waals surface area contributed by atoms with E-state index in [1.807, 2.05) is 37.3 Å². The maximum Gasteiger partial charge on any atom is 0.407 e. The van der Waals surface area contributed by atoms with Crippen molar-refractivity contribution in [2.75, 3.05) is 19.8 Å². The highest BCUT2D eigenvalue weighted by molar-refractivity contribution is 5.85. The Morgan fingerprint density at radius 3 is 2.27 bits per heavy atom. The second-order valence-corrected chi connectivity index (χ2v) is 11.5. The number of carbonyl (C=O) groups is 2. The van der Waals surface area contributed by atoms with Crippen LogP contribution in [-0.4, -0.2) is 56.5 Å². The Hall–Kier alpha value is -3.93. The molecule has 1 aromatic carbocycles. The molecule has 0 spiro atoms. The lowest BCUT2D eigenvalue weighted by molar-refractivity contribution is -0.124. The summed E-state index contributed by atoms with van der Waals surface area (Å²) in [6.45, 7) is 3.67. The minimum atomic E-state index is -0.831. The third-order valence-electron chi connectivity index (χ3n) is 7.79.